The van der Waals surface area contributed by atoms with Gasteiger partial charge in [0.05, 0.1) is 6.42 Å². The van der Waals surface area contributed by atoms with Crippen LogP contribution >= 0.6 is 0 Å². The van der Waals surface area contributed by atoms with Gasteiger partial charge in [-0.2, -0.15) is 0 Å². The third-order valence-corrected chi connectivity index (χ3v) is 1.93. The van der Waals surface area contributed by atoms with E-state index in [4.69, 9.17) is 9.90 Å². The molecule has 0 heterocycles. The summed E-state index contributed by atoms with van der Waals surface area (Å²) in [6, 6.07) is 9.47. The summed E-state index contributed by atoms with van der Waals surface area (Å²) in [6.07, 6.45) is 0.862. The molecule has 88 valence electrons. The Morgan fingerprint density at radius 3 is 2.31 bits per heavy atom. The van der Waals surface area contributed by atoms with Crippen LogP contribution in [0.25, 0.3) is 0 Å². The van der Waals surface area contributed by atoms with E-state index in [1.807, 2.05) is 30.3 Å². The molecule has 0 saturated carbocycles. The first kappa shape index (κ1) is 14.3. The summed E-state index contributed by atoms with van der Waals surface area (Å²) in [5, 5.41) is 11.6. The third kappa shape index (κ3) is 5.93. The highest BCUT2D eigenvalue weighted by Crippen LogP contribution is 2.15. The zero-order valence-electron chi connectivity index (χ0n) is 9.51. The van der Waals surface area contributed by atoms with E-state index in [1.54, 1.807) is 7.05 Å². The van der Waals surface area contributed by atoms with Crippen molar-refractivity contribution in [2.45, 2.75) is 19.4 Å². The lowest BCUT2D eigenvalue weighted by molar-refractivity contribution is -0.137. The number of rotatable bonds is 4. The van der Waals surface area contributed by atoms with E-state index in [-0.39, 0.29) is 12.5 Å². The second-order valence-electron chi connectivity index (χ2n) is 3.09. The first-order chi connectivity index (χ1) is 7.65. The summed E-state index contributed by atoms with van der Waals surface area (Å²) < 4.78 is 0. The van der Waals surface area contributed by atoms with Gasteiger partial charge in [0, 0.05) is 6.04 Å². The molecule has 1 aromatic rings. The fraction of sp³-hybridized carbons (Fsp3) is 0.333. The number of aliphatic carboxylic acids is 1. The SMILES string of the molecule is CC=O.CNC(CC(=O)O)c1ccccc1. The van der Waals surface area contributed by atoms with Gasteiger partial charge in [0.15, 0.2) is 0 Å². The number of benzene rings is 1. The molecule has 4 nitrogen and oxygen atoms in total. The highest BCUT2D eigenvalue weighted by molar-refractivity contribution is 5.67. The fourth-order valence-electron chi connectivity index (χ4n) is 1.25. The minimum atomic E-state index is -0.789. The maximum absolute atomic E-state index is 10.5. The maximum Gasteiger partial charge on any atom is 0.305 e. The lowest BCUT2D eigenvalue weighted by Gasteiger charge is -2.13. The zero-order chi connectivity index (χ0) is 12.4. The van der Waals surface area contributed by atoms with Crippen molar-refractivity contribution in [1.82, 2.24) is 5.32 Å². The number of hydrogen-bond acceptors (Lipinski definition) is 3. The average Bonchev–Trinajstić information content (AvgIpc) is 2.28. The van der Waals surface area contributed by atoms with Crippen molar-refractivity contribution >= 4 is 12.3 Å². The molecular formula is C12H17NO3. The quantitative estimate of drug-likeness (QED) is 0.761. The molecule has 0 aliphatic carbocycles. The van der Waals surface area contributed by atoms with Crippen LogP contribution in [-0.4, -0.2) is 24.4 Å². The van der Waals surface area contributed by atoms with Crippen molar-refractivity contribution in [3.63, 3.8) is 0 Å². The normalized spacial score (nSPS) is 10.9. The molecule has 1 atom stereocenters. The second kappa shape index (κ2) is 8.61. The first-order valence-electron chi connectivity index (χ1n) is 4.99. The lowest BCUT2D eigenvalue weighted by Crippen LogP contribution is -2.19. The highest BCUT2D eigenvalue weighted by Gasteiger charge is 2.11. The van der Waals surface area contributed by atoms with E-state index in [0.717, 1.165) is 11.8 Å². The number of carbonyl (C=O) groups excluding carboxylic acids is 1. The van der Waals surface area contributed by atoms with Crippen molar-refractivity contribution < 1.29 is 14.7 Å². The van der Waals surface area contributed by atoms with Crippen molar-refractivity contribution in [1.29, 1.82) is 0 Å². The van der Waals surface area contributed by atoms with E-state index >= 15 is 0 Å². The number of nitrogens with one attached hydrogen (secondary N) is 1. The van der Waals surface area contributed by atoms with Crippen LogP contribution in [-0.2, 0) is 9.59 Å². The van der Waals surface area contributed by atoms with E-state index < -0.39 is 5.97 Å². The molecule has 1 aromatic carbocycles. The molecule has 0 aliphatic rings. The largest absolute Gasteiger partial charge is 0.481 e. The topological polar surface area (TPSA) is 66.4 Å². The standard InChI is InChI=1S/C10H13NO2.C2H4O/c1-11-9(7-10(12)13)8-5-3-2-4-6-8;1-2-3/h2-6,9,11H,7H2,1H3,(H,12,13);2H,1H3. The van der Waals surface area contributed by atoms with Crippen LogP contribution in [0.3, 0.4) is 0 Å². The Kier molecular flexibility index (Phi) is 7.71. The van der Waals surface area contributed by atoms with Gasteiger partial charge in [-0.1, -0.05) is 30.3 Å². The monoisotopic (exact) mass is 223 g/mol. The van der Waals surface area contributed by atoms with Gasteiger partial charge < -0.3 is 15.2 Å². The molecule has 16 heavy (non-hydrogen) atoms. The van der Waals surface area contributed by atoms with Crippen molar-refractivity contribution in [3.8, 4) is 0 Å². The van der Waals surface area contributed by atoms with Crippen LogP contribution in [0.2, 0.25) is 0 Å². The van der Waals surface area contributed by atoms with E-state index in [1.165, 1.54) is 6.92 Å². The summed E-state index contributed by atoms with van der Waals surface area (Å²) in [7, 11) is 1.76. The molecule has 4 heteroatoms. The lowest BCUT2D eigenvalue weighted by atomic mass is 10.0. The van der Waals surface area contributed by atoms with Gasteiger partial charge in [-0.05, 0) is 19.5 Å². The molecule has 0 spiro atoms. The van der Waals surface area contributed by atoms with Gasteiger partial charge in [-0.15, -0.1) is 0 Å². The Morgan fingerprint density at radius 1 is 1.44 bits per heavy atom. The predicted octanol–water partition coefficient (Wildman–Crippen LogP) is 1.63. The molecule has 0 fully saturated rings. The first-order valence-corrected chi connectivity index (χ1v) is 4.99. The number of carboxylic acid groups (broad SMARTS) is 1. The van der Waals surface area contributed by atoms with Gasteiger partial charge in [0.1, 0.15) is 6.29 Å². The number of aldehydes is 1. The molecule has 0 radical (unpaired) electrons. The molecular weight excluding hydrogens is 206 g/mol. The Balaban J connectivity index is 0.000000673. The minimum Gasteiger partial charge on any atom is -0.481 e. The molecule has 0 aromatic heterocycles. The maximum atomic E-state index is 10.5. The molecule has 1 rings (SSSR count). The molecule has 1 unspecified atom stereocenters. The van der Waals surface area contributed by atoms with Crippen molar-refractivity contribution in [2.75, 3.05) is 7.05 Å². The van der Waals surface area contributed by atoms with Crippen LogP contribution in [0.5, 0.6) is 0 Å². The predicted molar refractivity (Wildman–Crippen MR) is 62.2 cm³/mol. The average molecular weight is 223 g/mol. The Bertz CT molecular complexity index is 311. The Hall–Kier alpha value is -1.68. The van der Waals surface area contributed by atoms with Crippen LogP contribution in [0.4, 0.5) is 0 Å². The smallest absolute Gasteiger partial charge is 0.305 e. The van der Waals surface area contributed by atoms with Gasteiger partial charge in [0.2, 0.25) is 0 Å². The third-order valence-electron chi connectivity index (χ3n) is 1.93. The van der Waals surface area contributed by atoms with Gasteiger partial charge in [-0.25, -0.2) is 0 Å². The molecule has 2 N–H and O–H groups in total. The molecule has 0 amide bonds. The Labute approximate surface area is 95.3 Å². The molecule has 0 saturated heterocycles. The second-order valence-corrected chi connectivity index (χ2v) is 3.09. The number of carboxylic acids is 1. The van der Waals surface area contributed by atoms with Crippen molar-refractivity contribution in [3.05, 3.63) is 35.9 Å². The van der Waals surface area contributed by atoms with E-state index in [9.17, 15) is 4.79 Å². The summed E-state index contributed by atoms with van der Waals surface area (Å²) in [4.78, 5) is 19.3. The molecule has 0 bridgehead atoms. The van der Waals surface area contributed by atoms with Gasteiger partial charge >= 0.3 is 5.97 Å². The summed E-state index contributed by atoms with van der Waals surface area (Å²) >= 11 is 0. The van der Waals surface area contributed by atoms with Crippen LogP contribution in [0.1, 0.15) is 24.9 Å². The van der Waals surface area contributed by atoms with E-state index in [0.29, 0.717) is 0 Å². The minimum absolute atomic E-state index is 0.0984. The zero-order valence-corrected chi connectivity index (χ0v) is 9.51. The summed E-state index contributed by atoms with van der Waals surface area (Å²) in [5.74, 6) is -0.789. The van der Waals surface area contributed by atoms with Gasteiger partial charge in [0.25, 0.3) is 0 Å². The molecule has 0 aliphatic heterocycles. The van der Waals surface area contributed by atoms with E-state index in [2.05, 4.69) is 5.32 Å². The van der Waals surface area contributed by atoms with Crippen molar-refractivity contribution in [2.24, 2.45) is 0 Å². The summed E-state index contributed by atoms with van der Waals surface area (Å²) in [5.41, 5.74) is 1.01. The summed E-state index contributed by atoms with van der Waals surface area (Å²) in [6.45, 7) is 1.44. The Morgan fingerprint density at radius 2 is 1.94 bits per heavy atom. The fourth-order valence-corrected chi connectivity index (χ4v) is 1.25. The number of carbonyl (C=O) groups is 2. The van der Waals surface area contributed by atoms with Crippen LogP contribution in [0, 0.1) is 0 Å². The number of hydrogen-bond donors (Lipinski definition) is 2. The van der Waals surface area contributed by atoms with Crippen LogP contribution in [0.15, 0.2) is 30.3 Å². The van der Waals surface area contributed by atoms with Gasteiger partial charge in [-0.3, -0.25) is 4.79 Å². The van der Waals surface area contributed by atoms with Crippen LogP contribution < -0.4 is 5.32 Å². The highest BCUT2D eigenvalue weighted by atomic mass is 16.4.